The SMILES string of the molecule is ONC=C1CCC(C=Nc2ccccc2)=C1Cl. The molecule has 2 rings (SSSR count). The van der Waals surface area contributed by atoms with Crippen molar-refractivity contribution in [3.05, 3.63) is 52.7 Å². The fourth-order valence-corrected chi connectivity index (χ4v) is 1.99. The van der Waals surface area contributed by atoms with E-state index in [9.17, 15) is 0 Å². The lowest BCUT2D eigenvalue weighted by Gasteiger charge is -1.96. The molecule has 0 heterocycles. The second kappa shape index (κ2) is 5.66. The van der Waals surface area contributed by atoms with Crippen LogP contribution in [-0.2, 0) is 0 Å². The quantitative estimate of drug-likeness (QED) is 0.635. The van der Waals surface area contributed by atoms with Crippen molar-refractivity contribution in [2.45, 2.75) is 12.8 Å². The molecule has 0 atom stereocenters. The van der Waals surface area contributed by atoms with E-state index in [-0.39, 0.29) is 0 Å². The normalized spacial score (nSPS) is 18.4. The maximum absolute atomic E-state index is 8.60. The number of aliphatic imine (C=N–C) groups is 1. The highest BCUT2D eigenvalue weighted by Crippen LogP contribution is 2.33. The van der Waals surface area contributed by atoms with Crippen molar-refractivity contribution in [1.82, 2.24) is 5.48 Å². The lowest BCUT2D eigenvalue weighted by Crippen LogP contribution is -1.95. The van der Waals surface area contributed by atoms with E-state index < -0.39 is 0 Å². The average Bonchev–Trinajstić information content (AvgIpc) is 2.70. The fourth-order valence-electron chi connectivity index (χ4n) is 1.70. The molecular weight excluding hydrogens is 236 g/mol. The molecule has 0 amide bonds. The Hall–Kier alpha value is -1.58. The molecule has 0 aromatic heterocycles. The van der Waals surface area contributed by atoms with Gasteiger partial charge in [-0.1, -0.05) is 29.8 Å². The first-order chi connectivity index (χ1) is 8.31. The van der Waals surface area contributed by atoms with Crippen molar-refractivity contribution in [3.63, 3.8) is 0 Å². The Balaban J connectivity index is 2.15. The Bertz CT molecular complexity index is 477. The van der Waals surface area contributed by atoms with Gasteiger partial charge in [0.05, 0.1) is 10.7 Å². The van der Waals surface area contributed by atoms with Gasteiger partial charge in [-0.3, -0.25) is 15.7 Å². The molecule has 1 aliphatic rings. The van der Waals surface area contributed by atoms with Gasteiger partial charge in [0.1, 0.15) is 0 Å². The number of rotatable bonds is 3. The van der Waals surface area contributed by atoms with Crippen LogP contribution in [0.5, 0.6) is 0 Å². The molecule has 0 bridgehead atoms. The number of nitrogens with one attached hydrogen (secondary N) is 1. The minimum Gasteiger partial charge on any atom is -0.292 e. The molecule has 0 saturated carbocycles. The van der Waals surface area contributed by atoms with Crippen molar-refractivity contribution in [2.24, 2.45) is 4.99 Å². The summed E-state index contributed by atoms with van der Waals surface area (Å²) in [6, 6.07) is 9.71. The van der Waals surface area contributed by atoms with Gasteiger partial charge in [-0.15, -0.1) is 0 Å². The van der Waals surface area contributed by atoms with Crippen LogP contribution < -0.4 is 5.48 Å². The first kappa shape index (κ1) is 11.9. The molecule has 3 nitrogen and oxygen atoms in total. The van der Waals surface area contributed by atoms with Gasteiger partial charge in [0.25, 0.3) is 0 Å². The van der Waals surface area contributed by atoms with Crippen molar-refractivity contribution in [2.75, 3.05) is 0 Å². The van der Waals surface area contributed by atoms with E-state index in [1.54, 1.807) is 6.21 Å². The molecule has 0 aliphatic heterocycles. The Kier molecular flexibility index (Phi) is 3.96. The van der Waals surface area contributed by atoms with E-state index in [0.29, 0.717) is 5.03 Å². The third kappa shape index (κ3) is 2.96. The summed E-state index contributed by atoms with van der Waals surface area (Å²) in [5.74, 6) is 0. The van der Waals surface area contributed by atoms with Crippen LogP contribution in [0.25, 0.3) is 0 Å². The summed E-state index contributed by atoms with van der Waals surface area (Å²) < 4.78 is 0. The van der Waals surface area contributed by atoms with Crippen molar-refractivity contribution >= 4 is 23.5 Å². The van der Waals surface area contributed by atoms with Crippen LogP contribution >= 0.6 is 11.6 Å². The van der Waals surface area contributed by atoms with E-state index in [4.69, 9.17) is 16.8 Å². The van der Waals surface area contributed by atoms with E-state index in [1.165, 1.54) is 6.20 Å². The Labute approximate surface area is 105 Å². The predicted octanol–water partition coefficient (Wildman–Crippen LogP) is 3.54. The highest BCUT2D eigenvalue weighted by atomic mass is 35.5. The summed E-state index contributed by atoms with van der Waals surface area (Å²) >= 11 is 6.16. The van der Waals surface area contributed by atoms with E-state index >= 15 is 0 Å². The van der Waals surface area contributed by atoms with E-state index in [0.717, 1.165) is 29.7 Å². The lowest BCUT2D eigenvalue weighted by atomic mass is 10.2. The van der Waals surface area contributed by atoms with Crippen LogP contribution in [0.15, 0.2) is 57.7 Å². The minimum atomic E-state index is 0.672. The highest BCUT2D eigenvalue weighted by molar-refractivity contribution is 6.34. The number of allylic oxidation sites excluding steroid dienone is 3. The van der Waals surface area contributed by atoms with Crippen LogP contribution in [0.1, 0.15) is 12.8 Å². The molecule has 0 radical (unpaired) electrons. The molecule has 0 saturated heterocycles. The van der Waals surface area contributed by atoms with Gasteiger partial charge < -0.3 is 0 Å². The third-order valence-corrected chi connectivity index (χ3v) is 3.08. The summed E-state index contributed by atoms with van der Waals surface area (Å²) in [5, 5.41) is 9.27. The van der Waals surface area contributed by atoms with E-state index in [2.05, 4.69) is 4.99 Å². The second-order valence-electron chi connectivity index (χ2n) is 3.73. The first-order valence-corrected chi connectivity index (χ1v) is 5.76. The molecular formula is C13H13ClN2O. The maximum Gasteiger partial charge on any atom is 0.0629 e. The number of para-hydroxylation sites is 1. The van der Waals surface area contributed by atoms with Crippen LogP contribution in [-0.4, -0.2) is 11.4 Å². The molecule has 88 valence electrons. The summed E-state index contributed by atoms with van der Waals surface area (Å²) in [6.07, 6.45) is 4.97. The minimum absolute atomic E-state index is 0.672. The second-order valence-corrected chi connectivity index (χ2v) is 4.11. The molecule has 4 heteroatoms. The van der Waals surface area contributed by atoms with Crippen molar-refractivity contribution < 1.29 is 5.21 Å². The largest absolute Gasteiger partial charge is 0.292 e. The Morgan fingerprint density at radius 2 is 2.00 bits per heavy atom. The van der Waals surface area contributed by atoms with Crippen molar-refractivity contribution in [1.29, 1.82) is 0 Å². The summed E-state index contributed by atoms with van der Waals surface area (Å²) in [4.78, 5) is 4.36. The van der Waals surface area contributed by atoms with Gasteiger partial charge in [0.15, 0.2) is 0 Å². The van der Waals surface area contributed by atoms with Gasteiger partial charge in [0.2, 0.25) is 0 Å². The summed E-state index contributed by atoms with van der Waals surface area (Å²) in [5.41, 5.74) is 4.82. The highest BCUT2D eigenvalue weighted by Gasteiger charge is 2.16. The van der Waals surface area contributed by atoms with Gasteiger partial charge in [0, 0.05) is 12.4 Å². The molecule has 1 aromatic rings. The zero-order valence-electron chi connectivity index (χ0n) is 9.23. The Morgan fingerprint density at radius 3 is 2.71 bits per heavy atom. The zero-order chi connectivity index (χ0) is 12.1. The monoisotopic (exact) mass is 248 g/mol. The number of hydrogen-bond acceptors (Lipinski definition) is 3. The zero-order valence-corrected chi connectivity index (χ0v) is 9.98. The van der Waals surface area contributed by atoms with Crippen LogP contribution in [0.2, 0.25) is 0 Å². The molecule has 0 spiro atoms. The molecule has 0 unspecified atom stereocenters. The average molecular weight is 249 g/mol. The lowest BCUT2D eigenvalue weighted by molar-refractivity contribution is 0.213. The predicted molar refractivity (Wildman–Crippen MR) is 69.7 cm³/mol. The molecule has 1 aliphatic carbocycles. The number of nitrogens with zero attached hydrogens (tertiary/aromatic N) is 1. The number of hydroxylamine groups is 1. The van der Waals surface area contributed by atoms with Gasteiger partial charge >= 0.3 is 0 Å². The number of benzene rings is 1. The van der Waals surface area contributed by atoms with E-state index in [1.807, 2.05) is 35.8 Å². The molecule has 1 aromatic carbocycles. The first-order valence-electron chi connectivity index (χ1n) is 5.38. The molecule has 2 N–H and O–H groups in total. The third-order valence-electron chi connectivity index (χ3n) is 2.59. The maximum atomic E-state index is 8.60. The fraction of sp³-hybridized carbons (Fsp3) is 0.154. The standard InChI is InChI=1S/C13H13ClN2O/c14-13-10(6-7-11(13)9-16-17)8-15-12-4-2-1-3-5-12/h1-5,8-9,16-17H,6-7H2. The number of hydrogen-bond donors (Lipinski definition) is 2. The van der Waals surface area contributed by atoms with Crippen LogP contribution in [0.3, 0.4) is 0 Å². The number of halogens is 1. The molecule has 17 heavy (non-hydrogen) atoms. The topological polar surface area (TPSA) is 44.6 Å². The molecule has 0 fully saturated rings. The summed E-state index contributed by atoms with van der Waals surface area (Å²) in [6.45, 7) is 0. The van der Waals surface area contributed by atoms with Crippen LogP contribution in [0, 0.1) is 0 Å². The van der Waals surface area contributed by atoms with Crippen molar-refractivity contribution in [3.8, 4) is 0 Å². The Morgan fingerprint density at radius 1 is 1.24 bits per heavy atom. The smallest absolute Gasteiger partial charge is 0.0629 e. The summed E-state index contributed by atoms with van der Waals surface area (Å²) in [7, 11) is 0. The van der Waals surface area contributed by atoms with Gasteiger partial charge in [-0.05, 0) is 36.1 Å². The van der Waals surface area contributed by atoms with Crippen LogP contribution in [0.4, 0.5) is 5.69 Å². The van der Waals surface area contributed by atoms with Gasteiger partial charge in [-0.2, -0.15) is 0 Å². The van der Waals surface area contributed by atoms with Gasteiger partial charge in [-0.25, -0.2) is 0 Å².